The number of hydrogen-bond donors (Lipinski definition) is 2. The predicted molar refractivity (Wildman–Crippen MR) is 67.8 cm³/mol. The zero-order valence-electron chi connectivity index (χ0n) is 10.9. The molecule has 0 saturated heterocycles. The first kappa shape index (κ1) is 13.0. The van der Waals surface area contributed by atoms with Gasteiger partial charge in [0.1, 0.15) is 0 Å². The Hall–Kier alpha value is -1.43. The van der Waals surface area contributed by atoms with E-state index in [2.05, 4.69) is 20.9 Å². The van der Waals surface area contributed by atoms with Crippen molar-refractivity contribution in [2.45, 2.75) is 39.3 Å². The van der Waals surface area contributed by atoms with Crippen LogP contribution in [0.2, 0.25) is 0 Å². The van der Waals surface area contributed by atoms with Crippen LogP contribution < -0.4 is 10.6 Å². The third-order valence-electron chi connectivity index (χ3n) is 2.96. The first-order chi connectivity index (χ1) is 8.78. The summed E-state index contributed by atoms with van der Waals surface area (Å²) in [4.78, 5) is 11.3. The summed E-state index contributed by atoms with van der Waals surface area (Å²) in [5.74, 6) is 0.930. The minimum Gasteiger partial charge on any atom is -0.356 e. The zero-order valence-corrected chi connectivity index (χ0v) is 10.9. The molecule has 2 N–H and O–H groups in total. The molecule has 1 aromatic heterocycles. The summed E-state index contributed by atoms with van der Waals surface area (Å²) in [6.45, 7) is 5.01. The maximum atomic E-state index is 11.3. The van der Waals surface area contributed by atoms with Crippen molar-refractivity contribution in [3.05, 3.63) is 11.9 Å². The second-order valence-corrected chi connectivity index (χ2v) is 4.75. The fraction of sp³-hybridized carbons (Fsp3) is 0.750. The van der Waals surface area contributed by atoms with Crippen LogP contribution in [-0.4, -0.2) is 34.0 Å². The van der Waals surface area contributed by atoms with Crippen molar-refractivity contribution in [2.24, 2.45) is 5.92 Å². The molecule has 0 aliphatic heterocycles. The minimum absolute atomic E-state index is 0.0569. The highest BCUT2D eigenvalue weighted by molar-refractivity contribution is 5.75. The van der Waals surface area contributed by atoms with Crippen LogP contribution in [0.15, 0.2) is 6.20 Å². The largest absolute Gasteiger partial charge is 0.356 e. The molecule has 0 atom stereocenters. The van der Waals surface area contributed by atoms with Gasteiger partial charge in [-0.05, 0) is 32.2 Å². The minimum atomic E-state index is 0.0569. The maximum Gasteiger partial charge on any atom is 0.221 e. The van der Waals surface area contributed by atoms with E-state index >= 15 is 0 Å². The highest BCUT2D eigenvalue weighted by Crippen LogP contribution is 2.27. The van der Waals surface area contributed by atoms with Crippen LogP contribution in [0.25, 0.3) is 0 Å². The number of nitrogens with one attached hydrogen (secondary N) is 2. The number of aromatic nitrogens is 3. The van der Waals surface area contributed by atoms with E-state index in [1.165, 1.54) is 12.8 Å². The van der Waals surface area contributed by atoms with Crippen molar-refractivity contribution in [3.63, 3.8) is 0 Å². The Bertz CT molecular complexity index is 386. The molecule has 1 amide bonds. The van der Waals surface area contributed by atoms with Crippen LogP contribution in [0.1, 0.15) is 31.9 Å². The zero-order chi connectivity index (χ0) is 12.8. The average molecular weight is 251 g/mol. The van der Waals surface area contributed by atoms with E-state index in [4.69, 9.17) is 0 Å². The number of hydrogen-bond acceptors (Lipinski definition) is 4. The van der Waals surface area contributed by atoms with Gasteiger partial charge in [0.2, 0.25) is 5.91 Å². The maximum absolute atomic E-state index is 11.3. The fourth-order valence-electron chi connectivity index (χ4n) is 1.76. The molecule has 0 unspecified atom stereocenters. The SMILES string of the molecule is CCNC(=O)CCn1cc(CNCC2CC2)nn1. The normalized spacial score (nSPS) is 14.7. The van der Waals surface area contributed by atoms with E-state index in [9.17, 15) is 4.79 Å². The van der Waals surface area contributed by atoms with Gasteiger partial charge in [0.25, 0.3) is 0 Å². The number of carbonyl (C=O) groups excluding carboxylic acids is 1. The van der Waals surface area contributed by atoms with Gasteiger partial charge in [-0.15, -0.1) is 5.10 Å². The molecule has 18 heavy (non-hydrogen) atoms. The Labute approximate surface area is 107 Å². The standard InChI is InChI=1S/C12H21N5O/c1-2-14-12(18)5-6-17-9-11(15-16-17)8-13-7-10-3-4-10/h9-10,13H,2-8H2,1H3,(H,14,18). The average Bonchev–Trinajstić information content (AvgIpc) is 3.06. The Morgan fingerprint density at radius 2 is 2.39 bits per heavy atom. The first-order valence-electron chi connectivity index (χ1n) is 6.64. The molecule has 6 heteroatoms. The van der Waals surface area contributed by atoms with Crippen LogP contribution in [0.5, 0.6) is 0 Å². The van der Waals surface area contributed by atoms with Crippen molar-refractivity contribution in [2.75, 3.05) is 13.1 Å². The number of carbonyl (C=O) groups is 1. The van der Waals surface area contributed by atoms with E-state index in [-0.39, 0.29) is 5.91 Å². The molecule has 1 aliphatic carbocycles. The number of aryl methyl sites for hydroxylation is 1. The van der Waals surface area contributed by atoms with Crippen LogP contribution in [-0.2, 0) is 17.9 Å². The fourth-order valence-corrected chi connectivity index (χ4v) is 1.76. The lowest BCUT2D eigenvalue weighted by molar-refractivity contribution is -0.121. The number of rotatable bonds is 8. The summed E-state index contributed by atoms with van der Waals surface area (Å²) in [5, 5.41) is 14.2. The molecule has 1 fully saturated rings. The molecule has 1 saturated carbocycles. The second-order valence-electron chi connectivity index (χ2n) is 4.75. The van der Waals surface area contributed by atoms with Crippen LogP contribution >= 0.6 is 0 Å². The first-order valence-corrected chi connectivity index (χ1v) is 6.64. The summed E-state index contributed by atoms with van der Waals surface area (Å²) in [7, 11) is 0. The molecule has 0 bridgehead atoms. The number of amides is 1. The molecular weight excluding hydrogens is 230 g/mol. The molecule has 0 spiro atoms. The van der Waals surface area contributed by atoms with Crippen molar-refractivity contribution in [3.8, 4) is 0 Å². The van der Waals surface area contributed by atoms with Gasteiger partial charge in [-0.2, -0.15) is 0 Å². The molecule has 1 heterocycles. The monoisotopic (exact) mass is 251 g/mol. The van der Waals surface area contributed by atoms with Crippen molar-refractivity contribution in [1.29, 1.82) is 0 Å². The van der Waals surface area contributed by atoms with E-state index in [1.807, 2.05) is 13.1 Å². The third kappa shape index (κ3) is 4.44. The van der Waals surface area contributed by atoms with Crippen molar-refractivity contribution >= 4 is 5.91 Å². The van der Waals surface area contributed by atoms with Gasteiger partial charge >= 0.3 is 0 Å². The van der Waals surface area contributed by atoms with Gasteiger partial charge < -0.3 is 10.6 Å². The van der Waals surface area contributed by atoms with Gasteiger partial charge in [-0.1, -0.05) is 5.21 Å². The topological polar surface area (TPSA) is 71.8 Å². The summed E-state index contributed by atoms with van der Waals surface area (Å²) in [6.07, 6.45) is 5.06. The summed E-state index contributed by atoms with van der Waals surface area (Å²) in [5.41, 5.74) is 0.937. The van der Waals surface area contributed by atoms with Crippen molar-refractivity contribution < 1.29 is 4.79 Å². The van der Waals surface area contributed by atoms with Gasteiger partial charge in [-0.3, -0.25) is 9.48 Å². The van der Waals surface area contributed by atoms with Gasteiger partial charge in [0, 0.05) is 25.7 Å². The molecule has 6 nitrogen and oxygen atoms in total. The van der Waals surface area contributed by atoms with Crippen molar-refractivity contribution in [1.82, 2.24) is 25.6 Å². The third-order valence-corrected chi connectivity index (χ3v) is 2.96. The number of nitrogens with zero attached hydrogens (tertiary/aromatic N) is 3. The van der Waals surface area contributed by atoms with E-state index < -0.39 is 0 Å². The predicted octanol–water partition coefficient (Wildman–Crippen LogP) is 0.304. The second kappa shape index (κ2) is 6.49. The molecule has 2 rings (SSSR count). The Kier molecular flexibility index (Phi) is 4.69. The summed E-state index contributed by atoms with van der Waals surface area (Å²) < 4.78 is 1.73. The Morgan fingerprint density at radius 1 is 1.56 bits per heavy atom. The molecular formula is C12H21N5O. The molecule has 1 aromatic rings. The van der Waals surface area contributed by atoms with E-state index in [1.54, 1.807) is 4.68 Å². The highest BCUT2D eigenvalue weighted by Gasteiger charge is 2.20. The lowest BCUT2D eigenvalue weighted by Gasteiger charge is -2.01. The quantitative estimate of drug-likeness (QED) is 0.697. The lowest BCUT2D eigenvalue weighted by Crippen LogP contribution is -2.23. The molecule has 1 aliphatic rings. The smallest absolute Gasteiger partial charge is 0.221 e. The van der Waals surface area contributed by atoms with Crippen LogP contribution in [0, 0.1) is 5.92 Å². The Balaban J connectivity index is 1.66. The highest BCUT2D eigenvalue weighted by atomic mass is 16.1. The Morgan fingerprint density at radius 3 is 3.11 bits per heavy atom. The summed E-state index contributed by atoms with van der Waals surface area (Å²) in [6, 6.07) is 0. The van der Waals surface area contributed by atoms with Gasteiger partial charge in [-0.25, -0.2) is 0 Å². The van der Waals surface area contributed by atoms with E-state index in [0.29, 0.717) is 19.5 Å². The lowest BCUT2D eigenvalue weighted by atomic mass is 10.4. The van der Waals surface area contributed by atoms with Crippen LogP contribution in [0.3, 0.4) is 0 Å². The molecule has 0 aromatic carbocycles. The van der Waals surface area contributed by atoms with E-state index in [0.717, 1.165) is 24.7 Å². The molecule has 100 valence electrons. The van der Waals surface area contributed by atoms with Gasteiger partial charge in [0.05, 0.1) is 12.2 Å². The summed E-state index contributed by atoms with van der Waals surface area (Å²) >= 11 is 0. The molecule has 0 radical (unpaired) electrons. The van der Waals surface area contributed by atoms with Crippen LogP contribution in [0.4, 0.5) is 0 Å². The van der Waals surface area contributed by atoms with Gasteiger partial charge in [0.15, 0.2) is 0 Å².